The molecule has 4 nitrogen and oxygen atoms in total. The van der Waals surface area contributed by atoms with Gasteiger partial charge in [0, 0.05) is 13.1 Å². The summed E-state index contributed by atoms with van der Waals surface area (Å²) in [6, 6.07) is 2.74. The van der Waals surface area contributed by atoms with Crippen LogP contribution in [0.1, 0.15) is 32.3 Å². The number of nitrogens with zero attached hydrogens (tertiary/aromatic N) is 1. The van der Waals surface area contributed by atoms with E-state index in [-0.39, 0.29) is 10.6 Å². The van der Waals surface area contributed by atoms with Gasteiger partial charge in [0.25, 0.3) is 0 Å². The lowest BCUT2D eigenvalue weighted by molar-refractivity contribution is -0.137. The standard InChI is InChI=1S/C15H20F3NO3S/c1-10(2)23(21,22)14-4-3-11(15(16,17)18)9-13(14)19-7-5-12(20)6-8-19/h3-4,9-10,12,20H,5-8H2,1-2H3. The molecular formula is C15H20F3NO3S. The first kappa shape index (κ1) is 18.1. The number of sulfone groups is 1. The molecule has 0 radical (unpaired) electrons. The van der Waals surface area contributed by atoms with Gasteiger partial charge in [-0.15, -0.1) is 0 Å². The van der Waals surface area contributed by atoms with Crippen LogP contribution in [0.15, 0.2) is 23.1 Å². The fraction of sp³-hybridized carbons (Fsp3) is 0.600. The SMILES string of the molecule is CC(C)S(=O)(=O)c1ccc(C(F)(F)F)cc1N1CCC(O)CC1. The number of benzene rings is 1. The van der Waals surface area contributed by atoms with Gasteiger partial charge >= 0.3 is 6.18 Å². The molecule has 0 bridgehead atoms. The Labute approximate surface area is 133 Å². The summed E-state index contributed by atoms with van der Waals surface area (Å²) < 4.78 is 63.9. The number of aliphatic hydroxyl groups is 1. The number of hydrogen-bond acceptors (Lipinski definition) is 4. The Bertz CT molecular complexity index is 663. The molecule has 1 aromatic rings. The van der Waals surface area contributed by atoms with Gasteiger partial charge in [0.2, 0.25) is 0 Å². The molecule has 130 valence electrons. The van der Waals surface area contributed by atoms with E-state index in [9.17, 15) is 26.7 Å². The van der Waals surface area contributed by atoms with Gasteiger partial charge in [0.15, 0.2) is 9.84 Å². The summed E-state index contributed by atoms with van der Waals surface area (Å²) in [5.41, 5.74) is -0.804. The molecule has 0 unspecified atom stereocenters. The predicted octanol–water partition coefficient (Wildman–Crippen LogP) is 2.85. The number of anilines is 1. The van der Waals surface area contributed by atoms with E-state index in [1.165, 1.54) is 13.8 Å². The molecule has 0 aromatic heterocycles. The van der Waals surface area contributed by atoms with Crippen molar-refractivity contribution in [1.82, 2.24) is 0 Å². The second kappa shape index (κ2) is 6.32. The Morgan fingerprint density at radius 2 is 1.78 bits per heavy atom. The van der Waals surface area contributed by atoms with E-state index >= 15 is 0 Å². The molecule has 1 aromatic carbocycles. The van der Waals surface area contributed by atoms with Crippen molar-refractivity contribution in [2.24, 2.45) is 0 Å². The largest absolute Gasteiger partial charge is 0.416 e. The lowest BCUT2D eigenvalue weighted by Gasteiger charge is -2.33. The minimum absolute atomic E-state index is 0.0698. The summed E-state index contributed by atoms with van der Waals surface area (Å²) in [4.78, 5) is 1.52. The fourth-order valence-electron chi connectivity index (χ4n) is 2.54. The average Bonchev–Trinajstić information content (AvgIpc) is 2.46. The number of aliphatic hydroxyl groups excluding tert-OH is 1. The van der Waals surface area contributed by atoms with Crippen molar-refractivity contribution in [3.8, 4) is 0 Å². The van der Waals surface area contributed by atoms with Gasteiger partial charge in [-0.25, -0.2) is 8.42 Å². The van der Waals surface area contributed by atoms with Crippen molar-refractivity contribution in [2.45, 2.75) is 49.1 Å². The van der Waals surface area contributed by atoms with Crippen molar-refractivity contribution in [1.29, 1.82) is 0 Å². The van der Waals surface area contributed by atoms with Crippen molar-refractivity contribution < 1.29 is 26.7 Å². The van der Waals surface area contributed by atoms with Gasteiger partial charge < -0.3 is 10.0 Å². The molecule has 1 saturated heterocycles. The van der Waals surface area contributed by atoms with Gasteiger partial charge in [0.05, 0.1) is 27.5 Å². The van der Waals surface area contributed by atoms with Gasteiger partial charge in [0.1, 0.15) is 0 Å². The van der Waals surface area contributed by atoms with Crippen LogP contribution in [0.2, 0.25) is 0 Å². The number of rotatable bonds is 3. The summed E-state index contributed by atoms with van der Waals surface area (Å²) >= 11 is 0. The first-order valence-electron chi connectivity index (χ1n) is 7.41. The van der Waals surface area contributed by atoms with E-state index in [0.29, 0.717) is 25.9 Å². The predicted molar refractivity (Wildman–Crippen MR) is 81.2 cm³/mol. The zero-order valence-electron chi connectivity index (χ0n) is 13.0. The van der Waals surface area contributed by atoms with E-state index in [2.05, 4.69) is 0 Å². The summed E-state index contributed by atoms with van der Waals surface area (Å²) in [7, 11) is -3.70. The summed E-state index contributed by atoms with van der Waals surface area (Å²) in [5, 5.41) is 8.82. The molecule has 0 spiro atoms. The Kier molecular flexibility index (Phi) is 4.96. The van der Waals surface area contributed by atoms with Crippen LogP contribution in [0.25, 0.3) is 0 Å². The lowest BCUT2D eigenvalue weighted by Crippen LogP contribution is -2.37. The van der Waals surface area contributed by atoms with Gasteiger partial charge in [-0.2, -0.15) is 13.2 Å². The molecular weight excluding hydrogens is 331 g/mol. The molecule has 0 atom stereocenters. The quantitative estimate of drug-likeness (QED) is 0.910. The van der Waals surface area contributed by atoms with Crippen molar-refractivity contribution in [2.75, 3.05) is 18.0 Å². The highest BCUT2D eigenvalue weighted by Gasteiger charge is 2.34. The lowest BCUT2D eigenvalue weighted by atomic mass is 10.1. The van der Waals surface area contributed by atoms with Crippen LogP contribution in [0.5, 0.6) is 0 Å². The van der Waals surface area contributed by atoms with Crippen LogP contribution in [0.4, 0.5) is 18.9 Å². The highest BCUT2D eigenvalue weighted by atomic mass is 32.2. The van der Waals surface area contributed by atoms with Crippen molar-refractivity contribution in [3.05, 3.63) is 23.8 Å². The minimum atomic E-state index is -4.54. The monoisotopic (exact) mass is 351 g/mol. The van der Waals surface area contributed by atoms with Crippen LogP contribution in [0, 0.1) is 0 Å². The van der Waals surface area contributed by atoms with Gasteiger partial charge in [-0.05, 0) is 44.9 Å². The van der Waals surface area contributed by atoms with Crippen LogP contribution < -0.4 is 4.90 Å². The molecule has 1 fully saturated rings. The maximum absolute atomic E-state index is 13.0. The number of alkyl halides is 3. The molecule has 0 saturated carbocycles. The zero-order chi connectivity index (χ0) is 17.4. The third kappa shape index (κ3) is 3.80. The molecule has 2 rings (SSSR count). The van der Waals surface area contributed by atoms with E-state index in [1.807, 2.05) is 0 Å². The highest BCUT2D eigenvalue weighted by Crippen LogP contribution is 2.37. The smallest absolute Gasteiger partial charge is 0.393 e. The van der Waals surface area contributed by atoms with Crippen LogP contribution in [0.3, 0.4) is 0 Å². The summed E-state index contributed by atoms with van der Waals surface area (Å²) in [6.45, 7) is 3.64. The fourth-order valence-corrected chi connectivity index (χ4v) is 3.79. The van der Waals surface area contributed by atoms with Gasteiger partial charge in [-0.1, -0.05) is 0 Å². The normalized spacial score (nSPS) is 17.8. The first-order chi connectivity index (χ1) is 10.5. The van der Waals surface area contributed by atoms with E-state index in [4.69, 9.17) is 0 Å². The third-order valence-electron chi connectivity index (χ3n) is 4.02. The summed E-state index contributed by atoms with van der Waals surface area (Å²) in [5.74, 6) is 0. The number of halogens is 3. The molecule has 23 heavy (non-hydrogen) atoms. The third-order valence-corrected chi connectivity index (χ3v) is 6.22. The number of hydrogen-bond donors (Lipinski definition) is 1. The maximum Gasteiger partial charge on any atom is 0.416 e. The molecule has 1 N–H and O–H groups in total. The maximum atomic E-state index is 13.0. The molecule has 0 aliphatic carbocycles. The first-order valence-corrected chi connectivity index (χ1v) is 8.96. The van der Waals surface area contributed by atoms with Gasteiger partial charge in [-0.3, -0.25) is 0 Å². The Morgan fingerprint density at radius 3 is 2.26 bits per heavy atom. The van der Waals surface area contributed by atoms with E-state index in [1.54, 1.807) is 4.90 Å². The molecule has 1 aliphatic rings. The second-order valence-electron chi connectivity index (χ2n) is 5.99. The van der Waals surface area contributed by atoms with Crippen LogP contribution in [-0.4, -0.2) is 38.0 Å². The Morgan fingerprint density at radius 1 is 1.22 bits per heavy atom. The minimum Gasteiger partial charge on any atom is -0.393 e. The van der Waals surface area contributed by atoms with E-state index < -0.39 is 32.9 Å². The second-order valence-corrected chi connectivity index (χ2v) is 8.46. The summed E-state index contributed by atoms with van der Waals surface area (Å²) in [6.07, 6.45) is -4.24. The zero-order valence-corrected chi connectivity index (χ0v) is 13.8. The van der Waals surface area contributed by atoms with Crippen LogP contribution in [-0.2, 0) is 16.0 Å². The average molecular weight is 351 g/mol. The molecule has 8 heteroatoms. The van der Waals surface area contributed by atoms with Crippen molar-refractivity contribution in [3.63, 3.8) is 0 Å². The topological polar surface area (TPSA) is 57.6 Å². The Hall–Kier alpha value is -1.28. The number of piperidine rings is 1. The highest BCUT2D eigenvalue weighted by molar-refractivity contribution is 7.92. The molecule has 1 aliphatic heterocycles. The Balaban J connectivity index is 2.54. The molecule has 1 heterocycles. The van der Waals surface area contributed by atoms with E-state index in [0.717, 1.165) is 18.2 Å². The molecule has 0 amide bonds. The van der Waals surface area contributed by atoms with Crippen molar-refractivity contribution >= 4 is 15.5 Å². The van der Waals surface area contributed by atoms with Crippen LogP contribution >= 0.6 is 0 Å².